The molecule has 0 atom stereocenters. The number of sulfonamides is 1. The van der Waals surface area contributed by atoms with Gasteiger partial charge in [-0.25, -0.2) is 17.7 Å². The summed E-state index contributed by atoms with van der Waals surface area (Å²) in [5, 5.41) is 3.38. The minimum atomic E-state index is -3.51. The van der Waals surface area contributed by atoms with Gasteiger partial charge in [-0.1, -0.05) is 31.9 Å². The van der Waals surface area contributed by atoms with Crippen molar-refractivity contribution >= 4 is 27.4 Å². The Morgan fingerprint density at radius 3 is 2.60 bits per heavy atom. The van der Waals surface area contributed by atoms with Crippen molar-refractivity contribution in [3.63, 3.8) is 0 Å². The van der Waals surface area contributed by atoms with Crippen LogP contribution in [0.15, 0.2) is 17.2 Å². The van der Waals surface area contributed by atoms with Crippen LogP contribution in [0.25, 0.3) is 0 Å². The molecule has 5 nitrogen and oxygen atoms in total. The van der Waals surface area contributed by atoms with Gasteiger partial charge in [0.15, 0.2) is 0 Å². The summed E-state index contributed by atoms with van der Waals surface area (Å²) in [6.45, 7) is 5.29. The minimum absolute atomic E-state index is 0.128. The first-order valence-electron chi connectivity index (χ1n) is 6.79. The fourth-order valence-electron chi connectivity index (χ4n) is 1.62. The SMILES string of the molecule is CCCCN(C)S(=O)(=O)c1cnc(NCCC)c(Cl)c1. The molecule has 0 saturated carbocycles. The van der Waals surface area contributed by atoms with Crippen molar-refractivity contribution in [3.05, 3.63) is 17.3 Å². The van der Waals surface area contributed by atoms with Crippen LogP contribution in [-0.2, 0) is 10.0 Å². The van der Waals surface area contributed by atoms with Gasteiger partial charge in [-0.2, -0.15) is 0 Å². The smallest absolute Gasteiger partial charge is 0.244 e. The molecule has 1 N–H and O–H groups in total. The first kappa shape index (κ1) is 17.2. The summed E-state index contributed by atoms with van der Waals surface area (Å²) in [5.41, 5.74) is 0. The molecule has 0 aromatic carbocycles. The van der Waals surface area contributed by atoms with Crippen LogP contribution in [0.4, 0.5) is 5.82 Å². The molecule has 114 valence electrons. The second kappa shape index (κ2) is 7.81. The van der Waals surface area contributed by atoms with Crippen LogP contribution in [-0.4, -0.2) is 37.8 Å². The lowest BCUT2D eigenvalue weighted by molar-refractivity contribution is 0.459. The molecule has 1 rings (SSSR count). The van der Waals surface area contributed by atoms with E-state index in [9.17, 15) is 8.42 Å². The van der Waals surface area contributed by atoms with Crippen molar-refractivity contribution in [2.45, 2.75) is 38.0 Å². The third-order valence-electron chi connectivity index (χ3n) is 2.89. The molecule has 0 bridgehead atoms. The van der Waals surface area contributed by atoms with Crippen molar-refractivity contribution in [3.8, 4) is 0 Å². The van der Waals surface area contributed by atoms with E-state index in [4.69, 9.17) is 11.6 Å². The van der Waals surface area contributed by atoms with Gasteiger partial charge in [0, 0.05) is 26.3 Å². The maximum absolute atomic E-state index is 12.3. The first-order valence-corrected chi connectivity index (χ1v) is 8.61. The fraction of sp³-hybridized carbons (Fsp3) is 0.615. The van der Waals surface area contributed by atoms with Crippen LogP contribution in [0.3, 0.4) is 0 Å². The summed E-state index contributed by atoms with van der Waals surface area (Å²) in [4.78, 5) is 4.22. The lowest BCUT2D eigenvalue weighted by Crippen LogP contribution is -2.28. The standard InChI is InChI=1S/C13H22ClN3O2S/c1-4-6-8-17(3)20(18,19)11-9-12(14)13(16-10-11)15-7-5-2/h9-10H,4-8H2,1-3H3,(H,15,16). The van der Waals surface area contributed by atoms with E-state index >= 15 is 0 Å². The van der Waals surface area contributed by atoms with E-state index < -0.39 is 10.0 Å². The second-order valence-electron chi connectivity index (χ2n) is 4.61. The predicted molar refractivity (Wildman–Crippen MR) is 82.8 cm³/mol. The molecule has 0 aliphatic carbocycles. The number of anilines is 1. The Bertz CT molecular complexity index is 534. The van der Waals surface area contributed by atoms with Crippen molar-refractivity contribution in [2.24, 2.45) is 0 Å². The monoisotopic (exact) mass is 319 g/mol. The lowest BCUT2D eigenvalue weighted by Gasteiger charge is -2.17. The number of rotatable bonds is 8. The highest BCUT2D eigenvalue weighted by Gasteiger charge is 2.21. The highest BCUT2D eigenvalue weighted by atomic mass is 35.5. The summed E-state index contributed by atoms with van der Waals surface area (Å²) in [6.07, 6.45) is 4.06. The Balaban J connectivity index is 2.93. The van der Waals surface area contributed by atoms with Gasteiger partial charge in [0.05, 0.1) is 5.02 Å². The largest absolute Gasteiger partial charge is 0.369 e. The van der Waals surface area contributed by atoms with Crippen LogP contribution in [0.2, 0.25) is 5.02 Å². The number of halogens is 1. The molecule has 0 aliphatic rings. The molecular formula is C13H22ClN3O2S. The van der Waals surface area contributed by atoms with Gasteiger partial charge in [0.1, 0.15) is 10.7 Å². The summed E-state index contributed by atoms with van der Waals surface area (Å²) in [6, 6.07) is 1.45. The van der Waals surface area contributed by atoms with Crippen molar-refractivity contribution in [1.29, 1.82) is 0 Å². The van der Waals surface area contributed by atoms with Crippen molar-refractivity contribution in [2.75, 3.05) is 25.5 Å². The number of nitrogens with one attached hydrogen (secondary N) is 1. The lowest BCUT2D eigenvalue weighted by atomic mass is 10.3. The van der Waals surface area contributed by atoms with Gasteiger partial charge in [-0.15, -0.1) is 0 Å². The third kappa shape index (κ3) is 4.33. The van der Waals surface area contributed by atoms with Gasteiger partial charge in [0.25, 0.3) is 0 Å². The second-order valence-corrected chi connectivity index (χ2v) is 7.06. The Morgan fingerprint density at radius 1 is 1.35 bits per heavy atom. The van der Waals surface area contributed by atoms with E-state index in [1.807, 2.05) is 13.8 Å². The average Bonchev–Trinajstić information content (AvgIpc) is 2.43. The number of hydrogen-bond donors (Lipinski definition) is 1. The fourth-order valence-corrected chi connectivity index (χ4v) is 3.10. The molecule has 0 spiro atoms. The number of aromatic nitrogens is 1. The predicted octanol–water partition coefficient (Wildman–Crippen LogP) is 2.98. The molecule has 1 aromatic rings. The van der Waals surface area contributed by atoms with E-state index in [-0.39, 0.29) is 4.90 Å². The molecule has 0 radical (unpaired) electrons. The van der Waals surface area contributed by atoms with Crippen LogP contribution in [0, 0.1) is 0 Å². The summed E-state index contributed by atoms with van der Waals surface area (Å²) < 4.78 is 26.0. The molecule has 1 aromatic heterocycles. The van der Waals surface area contributed by atoms with Crippen molar-refractivity contribution < 1.29 is 8.42 Å². The Labute approximate surface area is 126 Å². The number of hydrogen-bond acceptors (Lipinski definition) is 4. The first-order chi connectivity index (χ1) is 9.43. The van der Waals surface area contributed by atoms with Gasteiger partial charge >= 0.3 is 0 Å². The van der Waals surface area contributed by atoms with Crippen LogP contribution >= 0.6 is 11.6 Å². The van der Waals surface area contributed by atoms with E-state index in [1.165, 1.54) is 16.6 Å². The maximum Gasteiger partial charge on any atom is 0.244 e. The molecule has 1 heterocycles. The summed E-state index contributed by atoms with van der Waals surface area (Å²) in [7, 11) is -1.94. The molecule has 0 amide bonds. The molecular weight excluding hydrogens is 298 g/mol. The van der Waals surface area contributed by atoms with Gasteiger partial charge in [0.2, 0.25) is 10.0 Å². The quantitative estimate of drug-likeness (QED) is 0.800. The normalized spacial score (nSPS) is 11.8. The zero-order valence-corrected chi connectivity index (χ0v) is 13.8. The van der Waals surface area contributed by atoms with E-state index in [2.05, 4.69) is 10.3 Å². The van der Waals surface area contributed by atoms with Gasteiger partial charge in [-0.05, 0) is 18.9 Å². The molecule has 0 saturated heterocycles. The zero-order valence-electron chi connectivity index (χ0n) is 12.2. The molecule has 0 fully saturated rings. The molecule has 20 heavy (non-hydrogen) atoms. The maximum atomic E-state index is 12.3. The average molecular weight is 320 g/mol. The van der Waals surface area contributed by atoms with E-state index in [0.29, 0.717) is 17.4 Å². The Morgan fingerprint density at radius 2 is 2.05 bits per heavy atom. The minimum Gasteiger partial charge on any atom is -0.369 e. The van der Waals surface area contributed by atoms with E-state index in [1.54, 1.807) is 7.05 Å². The Kier molecular flexibility index (Phi) is 6.71. The van der Waals surface area contributed by atoms with Crippen LogP contribution in [0.1, 0.15) is 33.1 Å². The van der Waals surface area contributed by atoms with Crippen LogP contribution < -0.4 is 5.32 Å². The number of unbranched alkanes of at least 4 members (excludes halogenated alkanes) is 1. The topological polar surface area (TPSA) is 62.3 Å². The zero-order chi connectivity index (χ0) is 15.2. The van der Waals surface area contributed by atoms with Crippen molar-refractivity contribution in [1.82, 2.24) is 9.29 Å². The highest BCUT2D eigenvalue weighted by Crippen LogP contribution is 2.24. The third-order valence-corrected chi connectivity index (χ3v) is 5.00. The van der Waals surface area contributed by atoms with E-state index in [0.717, 1.165) is 25.8 Å². The van der Waals surface area contributed by atoms with Gasteiger partial charge < -0.3 is 5.32 Å². The van der Waals surface area contributed by atoms with Crippen LogP contribution in [0.5, 0.6) is 0 Å². The summed E-state index contributed by atoms with van der Waals surface area (Å²) in [5.74, 6) is 0.517. The molecule has 0 unspecified atom stereocenters. The molecule has 7 heteroatoms. The molecule has 0 aliphatic heterocycles. The van der Waals surface area contributed by atoms with Gasteiger partial charge in [-0.3, -0.25) is 0 Å². The Hall–Kier alpha value is -0.850. The summed E-state index contributed by atoms with van der Waals surface area (Å²) >= 11 is 6.07. The number of pyridine rings is 1. The number of nitrogens with zero attached hydrogens (tertiary/aromatic N) is 2. The highest BCUT2D eigenvalue weighted by molar-refractivity contribution is 7.89.